The predicted octanol–water partition coefficient (Wildman–Crippen LogP) is 4.98. The summed E-state index contributed by atoms with van der Waals surface area (Å²) in [6, 6.07) is 13.4. The van der Waals surface area contributed by atoms with Crippen LogP contribution in [0.5, 0.6) is 22.6 Å². The first-order chi connectivity index (χ1) is 11.8. The number of hydrogen-bond acceptors (Lipinski definition) is 6. The van der Waals surface area contributed by atoms with E-state index in [0.717, 1.165) is 10.2 Å². The van der Waals surface area contributed by atoms with Crippen LogP contribution in [-0.4, -0.2) is 15.0 Å². The molecular formula is C18H13N3O2S. The Kier molecular flexibility index (Phi) is 3.80. The molecular weight excluding hydrogens is 322 g/mol. The number of fused-ring (bicyclic) bond motifs is 1. The maximum absolute atomic E-state index is 5.89. The predicted molar refractivity (Wildman–Crippen MR) is 93.0 cm³/mol. The van der Waals surface area contributed by atoms with E-state index < -0.39 is 0 Å². The fourth-order valence-corrected chi connectivity index (χ4v) is 3.17. The van der Waals surface area contributed by atoms with E-state index in [1.54, 1.807) is 24.7 Å². The smallest absolute Gasteiger partial charge is 0.279 e. The van der Waals surface area contributed by atoms with Gasteiger partial charge in [-0.15, -0.1) is 0 Å². The zero-order valence-corrected chi connectivity index (χ0v) is 13.7. The second-order valence-electron chi connectivity index (χ2n) is 5.13. The Labute approximate surface area is 142 Å². The summed E-state index contributed by atoms with van der Waals surface area (Å²) in [4.78, 5) is 12.6. The number of rotatable bonds is 4. The van der Waals surface area contributed by atoms with E-state index in [0.29, 0.717) is 22.6 Å². The molecule has 4 aromatic rings. The van der Waals surface area contributed by atoms with Crippen molar-refractivity contribution in [2.45, 2.75) is 6.92 Å². The third-order valence-electron chi connectivity index (χ3n) is 3.36. The molecule has 5 nitrogen and oxygen atoms in total. The highest BCUT2D eigenvalue weighted by Crippen LogP contribution is 2.34. The van der Waals surface area contributed by atoms with Crippen LogP contribution >= 0.6 is 11.3 Å². The second-order valence-corrected chi connectivity index (χ2v) is 6.09. The Morgan fingerprint density at radius 3 is 2.58 bits per heavy atom. The largest absolute Gasteiger partial charge is 0.437 e. The standard InChI is InChI=1S/C18H13N3O2S/c1-12-4-2-7-15-17(12)24-18(21-15)23-14-6-3-5-13(10-14)22-16-11-19-8-9-20-16/h2-11H,1H3. The van der Waals surface area contributed by atoms with Gasteiger partial charge in [-0.2, -0.15) is 0 Å². The molecule has 2 heterocycles. The Morgan fingerprint density at radius 2 is 1.79 bits per heavy atom. The molecule has 6 heteroatoms. The van der Waals surface area contributed by atoms with Crippen LogP contribution in [0, 0.1) is 6.92 Å². The van der Waals surface area contributed by atoms with E-state index in [4.69, 9.17) is 9.47 Å². The number of aryl methyl sites for hydroxylation is 1. The van der Waals surface area contributed by atoms with E-state index in [-0.39, 0.29) is 0 Å². The highest BCUT2D eigenvalue weighted by molar-refractivity contribution is 7.20. The van der Waals surface area contributed by atoms with Gasteiger partial charge in [0.1, 0.15) is 11.5 Å². The number of nitrogens with zero attached hydrogens (tertiary/aromatic N) is 3. The van der Waals surface area contributed by atoms with Gasteiger partial charge in [-0.25, -0.2) is 9.97 Å². The van der Waals surface area contributed by atoms with Gasteiger partial charge in [0.2, 0.25) is 5.88 Å². The third kappa shape index (κ3) is 3.04. The fraction of sp³-hybridized carbons (Fsp3) is 0.0556. The molecule has 0 spiro atoms. The van der Waals surface area contributed by atoms with Crippen molar-refractivity contribution in [3.8, 4) is 22.6 Å². The van der Waals surface area contributed by atoms with Gasteiger partial charge in [0.15, 0.2) is 0 Å². The third-order valence-corrected chi connectivity index (χ3v) is 4.45. The summed E-state index contributed by atoms with van der Waals surface area (Å²) >= 11 is 1.53. The highest BCUT2D eigenvalue weighted by atomic mass is 32.1. The molecule has 24 heavy (non-hydrogen) atoms. The molecule has 0 aliphatic heterocycles. The van der Waals surface area contributed by atoms with Gasteiger partial charge in [0.05, 0.1) is 16.4 Å². The van der Waals surface area contributed by atoms with Gasteiger partial charge in [-0.05, 0) is 30.7 Å². The topological polar surface area (TPSA) is 57.1 Å². The molecule has 0 amide bonds. The van der Waals surface area contributed by atoms with Gasteiger partial charge >= 0.3 is 0 Å². The Bertz CT molecular complexity index is 986. The van der Waals surface area contributed by atoms with E-state index in [2.05, 4.69) is 27.9 Å². The van der Waals surface area contributed by atoms with Crippen molar-refractivity contribution >= 4 is 21.6 Å². The van der Waals surface area contributed by atoms with E-state index in [9.17, 15) is 0 Å². The van der Waals surface area contributed by atoms with Crippen LogP contribution < -0.4 is 9.47 Å². The van der Waals surface area contributed by atoms with Crippen LogP contribution in [0.15, 0.2) is 61.1 Å². The molecule has 4 rings (SSSR count). The number of ether oxygens (including phenoxy) is 2. The fourth-order valence-electron chi connectivity index (χ4n) is 2.27. The molecule has 0 radical (unpaired) electrons. The number of thiazole rings is 1. The normalized spacial score (nSPS) is 10.7. The maximum atomic E-state index is 5.89. The van der Waals surface area contributed by atoms with Crippen molar-refractivity contribution < 1.29 is 9.47 Å². The van der Waals surface area contributed by atoms with Crippen LogP contribution in [0.3, 0.4) is 0 Å². The summed E-state index contributed by atoms with van der Waals surface area (Å²) in [5.41, 5.74) is 2.14. The van der Waals surface area contributed by atoms with Gasteiger partial charge < -0.3 is 9.47 Å². The van der Waals surface area contributed by atoms with Crippen LogP contribution in [0.1, 0.15) is 5.56 Å². The molecule has 2 aromatic heterocycles. The first-order valence-electron chi connectivity index (χ1n) is 7.36. The van der Waals surface area contributed by atoms with Crippen molar-refractivity contribution in [3.63, 3.8) is 0 Å². The average Bonchev–Trinajstić information content (AvgIpc) is 3.00. The molecule has 118 valence electrons. The SMILES string of the molecule is Cc1cccc2nc(Oc3cccc(Oc4cnccn4)c3)sc12. The Balaban J connectivity index is 1.58. The average molecular weight is 335 g/mol. The van der Waals surface area contributed by atoms with Crippen molar-refractivity contribution in [2.24, 2.45) is 0 Å². The van der Waals surface area contributed by atoms with E-state index in [1.165, 1.54) is 16.9 Å². The molecule has 2 aromatic carbocycles. The van der Waals surface area contributed by atoms with Crippen LogP contribution in [0.2, 0.25) is 0 Å². The lowest BCUT2D eigenvalue weighted by atomic mass is 10.2. The van der Waals surface area contributed by atoms with Gasteiger partial charge in [-0.3, -0.25) is 4.98 Å². The lowest BCUT2D eigenvalue weighted by Crippen LogP contribution is -1.89. The minimum absolute atomic E-state index is 0.435. The van der Waals surface area contributed by atoms with Crippen molar-refractivity contribution in [1.29, 1.82) is 0 Å². The summed E-state index contributed by atoms with van der Waals surface area (Å²) in [5.74, 6) is 1.73. The maximum Gasteiger partial charge on any atom is 0.279 e. The summed E-state index contributed by atoms with van der Waals surface area (Å²) in [5, 5.41) is 0.607. The zero-order valence-electron chi connectivity index (χ0n) is 12.8. The van der Waals surface area contributed by atoms with Crippen LogP contribution in [-0.2, 0) is 0 Å². The summed E-state index contributed by atoms with van der Waals surface area (Å²) < 4.78 is 12.7. The molecule has 0 bridgehead atoms. The Morgan fingerprint density at radius 1 is 0.958 bits per heavy atom. The van der Waals surface area contributed by atoms with Gasteiger partial charge in [0.25, 0.3) is 5.19 Å². The molecule has 0 saturated heterocycles. The quantitative estimate of drug-likeness (QED) is 0.526. The number of hydrogen-bond donors (Lipinski definition) is 0. The summed E-state index contributed by atoms with van der Waals surface area (Å²) in [6.45, 7) is 2.07. The van der Waals surface area contributed by atoms with Gasteiger partial charge in [-0.1, -0.05) is 29.5 Å². The molecule has 0 unspecified atom stereocenters. The number of aromatic nitrogens is 3. The van der Waals surface area contributed by atoms with Crippen molar-refractivity contribution in [1.82, 2.24) is 15.0 Å². The highest BCUT2D eigenvalue weighted by Gasteiger charge is 2.08. The lowest BCUT2D eigenvalue weighted by molar-refractivity contribution is 0.446. The minimum Gasteiger partial charge on any atom is -0.437 e. The molecule has 0 fully saturated rings. The van der Waals surface area contributed by atoms with Crippen LogP contribution in [0.25, 0.3) is 10.2 Å². The monoisotopic (exact) mass is 335 g/mol. The molecule has 0 aliphatic rings. The first-order valence-corrected chi connectivity index (χ1v) is 8.17. The van der Waals surface area contributed by atoms with Crippen molar-refractivity contribution in [3.05, 3.63) is 66.6 Å². The molecule has 0 N–H and O–H groups in total. The Hall–Kier alpha value is -2.99. The summed E-state index contributed by atoms with van der Waals surface area (Å²) in [6.07, 6.45) is 4.74. The lowest BCUT2D eigenvalue weighted by Gasteiger charge is -2.06. The summed E-state index contributed by atoms with van der Waals surface area (Å²) in [7, 11) is 0. The first kappa shape index (κ1) is 14.6. The molecule has 0 saturated carbocycles. The number of benzene rings is 2. The second kappa shape index (κ2) is 6.25. The van der Waals surface area contributed by atoms with Crippen molar-refractivity contribution in [2.75, 3.05) is 0 Å². The van der Waals surface area contributed by atoms with Gasteiger partial charge in [0, 0.05) is 18.5 Å². The molecule has 0 aliphatic carbocycles. The van der Waals surface area contributed by atoms with E-state index in [1.807, 2.05) is 30.3 Å². The zero-order chi connectivity index (χ0) is 16.4. The van der Waals surface area contributed by atoms with E-state index >= 15 is 0 Å². The molecule has 0 atom stereocenters. The minimum atomic E-state index is 0.435. The van der Waals surface area contributed by atoms with Crippen LogP contribution in [0.4, 0.5) is 0 Å².